The second kappa shape index (κ2) is 8.86. The van der Waals surface area contributed by atoms with Crippen molar-refractivity contribution in [3.8, 4) is 0 Å². The molecule has 0 unspecified atom stereocenters. The van der Waals surface area contributed by atoms with Crippen molar-refractivity contribution in [2.75, 3.05) is 47.8 Å². The average molecular weight is 392 g/mol. The van der Waals surface area contributed by atoms with Gasteiger partial charge in [0.25, 0.3) is 0 Å². The molecule has 1 aromatic carbocycles. The summed E-state index contributed by atoms with van der Waals surface area (Å²) in [6.45, 7) is 6.21. The molecule has 29 heavy (non-hydrogen) atoms. The van der Waals surface area contributed by atoms with Gasteiger partial charge < -0.3 is 15.1 Å². The Bertz CT molecular complexity index is 924. The lowest BCUT2D eigenvalue weighted by Crippen LogP contribution is -2.47. The minimum absolute atomic E-state index is 0.207. The molecule has 1 N–H and O–H groups in total. The quantitative estimate of drug-likeness (QED) is 0.695. The van der Waals surface area contributed by atoms with Crippen molar-refractivity contribution >= 4 is 17.6 Å². The van der Waals surface area contributed by atoms with Gasteiger partial charge in [-0.05, 0) is 43.2 Å². The van der Waals surface area contributed by atoms with Crippen molar-refractivity contribution in [1.29, 1.82) is 0 Å². The number of rotatable bonds is 6. The van der Waals surface area contributed by atoms with Crippen molar-refractivity contribution < 1.29 is 4.39 Å². The van der Waals surface area contributed by atoms with Gasteiger partial charge in [-0.2, -0.15) is 4.98 Å². The van der Waals surface area contributed by atoms with Gasteiger partial charge in [0.05, 0.1) is 0 Å². The molecule has 1 saturated heterocycles. The Balaban J connectivity index is 1.35. The number of pyridine rings is 1. The summed E-state index contributed by atoms with van der Waals surface area (Å²) >= 11 is 0. The summed E-state index contributed by atoms with van der Waals surface area (Å²) < 4.78 is 13.0. The number of benzene rings is 1. The Hall–Kier alpha value is -3.22. The molecule has 0 bridgehead atoms. The van der Waals surface area contributed by atoms with Crippen LogP contribution in [0.25, 0.3) is 0 Å². The van der Waals surface area contributed by atoms with Crippen LogP contribution < -0.4 is 15.1 Å². The smallest absolute Gasteiger partial charge is 0.227 e. The zero-order chi connectivity index (χ0) is 20.1. The number of nitrogens with zero attached hydrogens (tertiary/aromatic N) is 5. The molecule has 1 aliphatic rings. The maximum Gasteiger partial charge on any atom is 0.227 e. The first-order valence-electron chi connectivity index (χ1n) is 9.92. The van der Waals surface area contributed by atoms with E-state index < -0.39 is 0 Å². The lowest BCUT2D eigenvalue weighted by Gasteiger charge is -2.35. The number of piperazine rings is 1. The number of hydrogen-bond donors (Lipinski definition) is 1. The van der Waals surface area contributed by atoms with E-state index in [-0.39, 0.29) is 5.82 Å². The van der Waals surface area contributed by atoms with Crippen LogP contribution in [0, 0.1) is 12.7 Å². The summed E-state index contributed by atoms with van der Waals surface area (Å²) in [5, 5.41) is 3.37. The molecule has 4 rings (SSSR count). The third-order valence-corrected chi connectivity index (χ3v) is 5.01. The largest absolute Gasteiger partial charge is 0.370 e. The lowest BCUT2D eigenvalue weighted by molar-refractivity contribution is 0.627. The average Bonchev–Trinajstić information content (AvgIpc) is 2.75. The molecule has 2 aromatic heterocycles. The first-order chi connectivity index (χ1) is 14.2. The van der Waals surface area contributed by atoms with Crippen LogP contribution in [0.15, 0.2) is 54.7 Å². The summed E-state index contributed by atoms with van der Waals surface area (Å²) in [5.74, 6) is 2.39. The number of hydrogen-bond acceptors (Lipinski definition) is 6. The Labute approximate surface area is 170 Å². The zero-order valence-electron chi connectivity index (χ0n) is 16.6. The first-order valence-corrected chi connectivity index (χ1v) is 9.92. The van der Waals surface area contributed by atoms with E-state index in [1.165, 1.54) is 12.1 Å². The van der Waals surface area contributed by atoms with Crippen molar-refractivity contribution in [3.05, 3.63) is 71.8 Å². The van der Waals surface area contributed by atoms with Crippen LogP contribution in [0.3, 0.4) is 0 Å². The minimum atomic E-state index is -0.207. The molecule has 3 aromatic rings. The second-order valence-electron chi connectivity index (χ2n) is 7.16. The van der Waals surface area contributed by atoms with Gasteiger partial charge in [-0.3, -0.25) is 0 Å². The van der Waals surface area contributed by atoms with Crippen LogP contribution in [-0.2, 0) is 6.42 Å². The first kappa shape index (κ1) is 19.1. The zero-order valence-corrected chi connectivity index (χ0v) is 16.6. The highest BCUT2D eigenvalue weighted by atomic mass is 19.1. The van der Waals surface area contributed by atoms with E-state index in [4.69, 9.17) is 4.98 Å². The van der Waals surface area contributed by atoms with E-state index in [1.54, 1.807) is 0 Å². The Morgan fingerprint density at radius 3 is 2.45 bits per heavy atom. The summed E-state index contributed by atoms with van der Waals surface area (Å²) in [6, 6.07) is 14.6. The van der Waals surface area contributed by atoms with Crippen LogP contribution >= 0.6 is 0 Å². The van der Waals surface area contributed by atoms with Crippen LogP contribution in [0.4, 0.5) is 22.0 Å². The fourth-order valence-corrected chi connectivity index (χ4v) is 3.45. The van der Waals surface area contributed by atoms with Gasteiger partial charge >= 0.3 is 0 Å². The van der Waals surface area contributed by atoms with Crippen LogP contribution in [0.5, 0.6) is 0 Å². The van der Waals surface area contributed by atoms with Gasteiger partial charge in [-0.25, -0.2) is 14.4 Å². The Morgan fingerprint density at radius 2 is 1.72 bits per heavy atom. The van der Waals surface area contributed by atoms with E-state index in [1.807, 2.05) is 49.5 Å². The lowest BCUT2D eigenvalue weighted by atomic mass is 10.1. The molecule has 0 saturated carbocycles. The van der Waals surface area contributed by atoms with E-state index in [9.17, 15) is 4.39 Å². The molecule has 0 spiro atoms. The topological polar surface area (TPSA) is 57.2 Å². The van der Waals surface area contributed by atoms with E-state index in [2.05, 4.69) is 25.1 Å². The van der Waals surface area contributed by atoms with Crippen LogP contribution in [-0.4, -0.2) is 47.7 Å². The molecular weight excluding hydrogens is 367 g/mol. The maximum atomic E-state index is 13.0. The van der Waals surface area contributed by atoms with Gasteiger partial charge in [0.15, 0.2) is 0 Å². The maximum absolute atomic E-state index is 13.0. The van der Waals surface area contributed by atoms with Gasteiger partial charge in [0, 0.05) is 50.7 Å². The predicted octanol–water partition coefficient (Wildman–Crippen LogP) is 3.30. The van der Waals surface area contributed by atoms with Crippen molar-refractivity contribution in [2.45, 2.75) is 13.3 Å². The number of aromatic nitrogens is 3. The molecule has 0 amide bonds. The molecule has 0 aliphatic carbocycles. The fraction of sp³-hybridized carbons (Fsp3) is 0.318. The summed E-state index contributed by atoms with van der Waals surface area (Å²) in [4.78, 5) is 18.3. The number of halogens is 1. The van der Waals surface area contributed by atoms with Gasteiger partial charge in [0.2, 0.25) is 5.95 Å². The van der Waals surface area contributed by atoms with Crippen molar-refractivity contribution in [3.63, 3.8) is 0 Å². The minimum Gasteiger partial charge on any atom is -0.370 e. The SMILES string of the molecule is Cc1cc(NCCc2ccc(F)cc2)nc(N2CCN(c3ccccn3)CC2)n1. The fourth-order valence-electron chi connectivity index (χ4n) is 3.45. The number of aryl methyl sites for hydroxylation is 1. The van der Waals surface area contributed by atoms with Crippen molar-refractivity contribution in [2.24, 2.45) is 0 Å². The molecule has 1 aliphatic heterocycles. The monoisotopic (exact) mass is 392 g/mol. The predicted molar refractivity (Wildman–Crippen MR) is 114 cm³/mol. The number of nitrogens with one attached hydrogen (secondary N) is 1. The molecule has 3 heterocycles. The van der Waals surface area contributed by atoms with Gasteiger partial charge in [-0.1, -0.05) is 18.2 Å². The normalized spacial score (nSPS) is 14.1. The molecule has 0 radical (unpaired) electrons. The standard InChI is InChI=1S/C22H25FN6/c1-17-16-20(24-11-9-18-5-7-19(23)8-6-18)27-22(26-17)29-14-12-28(13-15-29)21-4-2-3-10-25-21/h2-8,10,16H,9,11-15H2,1H3,(H,24,26,27). The third-order valence-electron chi connectivity index (χ3n) is 5.01. The highest BCUT2D eigenvalue weighted by molar-refractivity contribution is 5.46. The number of anilines is 3. The summed E-state index contributed by atoms with van der Waals surface area (Å²) in [6.07, 6.45) is 2.64. The van der Waals surface area contributed by atoms with Crippen LogP contribution in [0.2, 0.25) is 0 Å². The van der Waals surface area contributed by atoms with Crippen LogP contribution in [0.1, 0.15) is 11.3 Å². The molecule has 1 fully saturated rings. The van der Waals surface area contributed by atoms with E-state index in [0.29, 0.717) is 0 Å². The highest BCUT2D eigenvalue weighted by Gasteiger charge is 2.20. The molecule has 0 atom stereocenters. The Kier molecular flexibility index (Phi) is 5.84. The molecule has 6 nitrogen and oxygen atoms in total. The molecular formula is C22H25FN6. The van der Waals surface area contributed by atoms with Gasteiger partial charge in [-0.15, -0.1) is 0 Å². The molecule has 7 heteroatoms. The molecule has 150 valence electrons. The highest BCUT2D eigenvalue weighted by Crippen LogP contribution is 2.18. The summed E-state index contributed by atoms with van der Waals surface area (Å²) in [5.41, 5.74) is 2.03. The van der Waals surface area contributed by atoms with E-state index in [0.717, 1.165) is 68.0 Å². The third kappa shape index (κ3) is 4.99. The van der Waals surface area contributed by atoms with Crippen molar-refractivity contribution in [1.82, 2.24) is 15.0 Å². The summed E-state index contributed by atoms with van der Waals surface area (Å²) in [7, 11) is 0. The van der Waals surface area contributed by atoms with E-state index >= 15 is 0 Å². The second-order valence-corrected chi connectivity index (χ2v) is 7.16. The van der Waals surface area contributed by atoms with Gasteiger partial charge in [0.1, 0.15) is 17.5 Å². The Morgan fingerprint density at radius 1 is 0.966 bits per heavy atom.